The zero-order valence-corrected chi connectivity index (χ0v) is 18.0. The first kappa shape index (κ1) is 21.9. The topological polar surface area (TPSA) is 94.9 Å². The first-order chi connectivity index (χ1) is 15.4. The maximum Gasteiger partial charge on any atom is 0.320 e. The van der Waals surface area contributed by atoms with Crippen LogP contribution in [0.25, 0.3) is 0 Å². The molecule has 0 aliphatic carbocycles. The van der Waals surface area contributed by atoms with Crippen LogP contribution in [0.5, 0.6) is 0 Å². The number of urea groups is 1. The van der Waals surface area contributed by atoms with Gasteiger partial charge in [0.15, 0.2) is 0 Å². The van der Waals surface area contributed by atoms with Crippen LogP contribution in [0, 0.1) is 18.7 Å². The van der Waals surface area contributed by atoms with Gasteiger partial charge < -0.3 is 24.9 Å². The number of hydrogen-bond donors (Lipinski definition) is 2. The molecule has 1 aromatic heterocycles. The van der Waals surface area contributed by atoms with E-state index in [0.717, 1.165) is 32.4 Å². The Kier molecular flexibility index (Phi) is 6.43. The lowest BCUT2D eigenvalue weighted by atomic mass is 9.97. The zero-order chi connectivity index (χ0) is 22.7. The standard InChI is InChI=1S/C23H27FN4O4/c1-15-18(8-12-32-15)22(30)26-20-13-17(6-7-19(20)24)25-21(29)16-5-4-11-28(14-16)23(31)27-9-2-3-10-27/h6-8,12-13,16H,2-5,9-11,14H2,1H3,(H,25,29)(H,26,30). The molecule has 2 saturated heterocycles. The van der Waals surface area contributed by atoms with Gasteiger partial charge in [-0.3, -0.25) is 9.59 Å². The lowest BCUT2D eigenvalue weighted by Crippen LogP contribution is -2.48. The van der Waals surface area contributed by atoms with Crippen LogP contribution in [-0.4, -0.2) is 53.8 Å². The lowest BCUT2D eigenvalue weighted by molar-refractivity contribution is -0.121. The second-order valence-corrected chi connectivity index (χ2v) is 8.29. The van der Waals surface area contributed by atoms with Gasteiger partial charge in [0.05, 0.1) is 23.4 Å². The van der Waals surface area contributed by atoms with Crippen LogP contribution in [0.3, 0.4) is 0 Å². The molecule has 1 unspecified atom stereocenters. The van der Waals surface area contributed by atoms with Crippen LogP contribution >= 0.6 is 0 Å². The van der Waals surface area contributed by atoms with Crippen LogP contribution < -0.4 is 10.6 Å². The summed E-state index contributed by atoms with van der Waals surface area (Å²) in [6.45, 7) is 4.21. The third kappa shape index (κ3) is 4.76. The van der Waals surface area contributed by atoms with Crippen molar-refractivity contribution in [3.05, 3.63) is 47.7 Å². The van der Waals surface area contributed by atoms with E-state index < -0.39 is 11.7 Å². The molecule has 32 heavy (non-hydrogen) atoms. The van der Waals surface area contributed by atoms with Crippen molar-refractivity contribution in [2.24, 2.45) is 5.92 Å². The zero-order valence-electron chi connectivity index (χ0n) is 18.0. The molecule has 0 radical (unpaired) electrons. The van der Waals surface area contributed by atoms with E-state index >= 15 is 0 Å². The van der Waals surface area contributed by atoms with Crippen molar-refractivity contribution in [1.29, 1.82) is 0 Å². The molecule has 0 spiro atoms. The fourth-order valence-corrected chi connectivity index (χ4v) is 4.23. The first-order valence-corrected chi connectivity index (χ1v) is 10.9. The van der Waals surface area contributed by atoms with Gasteiger partial charge in [-0.2, -0.15) is 0 Å². The minimum absolute atomic E-state index is 0.00122. The molecular weight excluding hydrogens is 415 g/mol. The number of halogens is 1. The Balaban J connectivity index is 1.39. The van der Waals surface area contributed by atoms with Crippen molar-refractivity contribution in [3.63, 3.8) is 0 Å². The summed E-state index contributed by atoms with van der Waals surface area (Å²) in [5.74, 6) is -1.25. The van der Waals surface area contributed by atoms with Gasteiger partial charge in [0, 0.05) is 31.9 Å². The van der Waals surface area contributed by atoms with E-state index in [4.69, 9.17) is 4.42 Å². The van der Waals surface area contributed by atoms with Crippen LogP contribution in [0.1, 0.15) is 41.8 Å². The van der Waals surface area contributed by atoms with Crippen molar-refractivity contribution < 1.29 is 23.2 Å². The quantitative estimate of drug-likeness (QED) is 0.752. The van der Waals surface area contributed by atoms with E-state index in [1.54, 1.807) is 11.8 Å². The average molecular weight is 442 g/mol. The highest BCUT2D eigenvalue weighted by Gasteiger charge is 2.31. The first-order valence-electron chi connectivity index (χ1n) is 10.9. The highest BCUT2D eigenvalue weighted by molar-refractivity contribution is 6.05. The molecule has 2 aliphatic rings. The largest absolute Gasteiger partial charge is 0.469 e. The highest BCUT2D eigenvalue weighted by Crippen LogP contribution is 2.24. The molecule has 2 N–H and O–H groups in total. The van der Waals surface area contributed by atoms with Crippen LogP contribution in [-0.2, 0) is 4.79 Å². The Morgan fingerprint density at radius 1 is 1.03 bits per heavy atom. The van der Waals surface area contributed by atoms with Gasteiger partial charge >= 0.3 is 6.03 Å². The molecular formula is C23H27FN4O4. The second-order valence-electron chi connectivity index (χ2n) is 8.29. The fourth-order valence-electron chi connectivity index (χ4n) is 4.23. The Bertz CT molecular complexity index is 1020. The van der Waals surface area contributed by atoms with Gasteiger partial charge in [0.1, 0.15) is 11.6 Å². The Morgan fingerprint density at radius 2 is 1.78 bits per heavy atom. The van der Waals surface area contributed by atoms with E-state index in [-0.39, 0.29) is 23.5 Å². The average Bonchev–Trinajstić information content (AvgIpc) is 3.47. The Labute approximate surface area is 185 Å². The molecule has 8 nitrogen and oxygen atoms in total. The number of amides is 4. The van der Waals surface area contributed by atoms with E-state index in [1.165, 1.54) is 30.5 Å². The van der Waals surface area contributed by atoms with Crippen molar-refractivity contribution in [1.82, 2.24) is 9.80 Å². The summed E-state index contributed by atoms with van der Waals surface area (Å²) in [5.41, 5.74) is 0.644. The van der Waals surface area contributed by atoms with Crippen molar-refractivity contribution in [2.75, 3.05) is 36.8 Å². The molecule has 0 saturated carbocycles. The summed E-state index contributed by atoms with van der Waals surface area (Å²) in [7, 11) is 0. The predicted molar refractivity (Wildman–Crippen MR) is 117 cm³/mol. The number of rotatable bonds is 4. The summed E-state index contributed by atoms with van der Waals surface area (Å²) in [6.07, 6.45) is 4.87. The van der Waals surface area contributed by atoms with E-state index in [2.05, 4.69) is 10.6 Å². The number of anilines is 2. The molecule has 1 aromatic carbocycles. The number of hydrogen-bond acceptors (Lipinski definition) is 4. The number of likely N-dealkylation sites (tertiary alicyclic amines) is 2. The molecule has 3 heterocycles. The van der Waals surface area contributed by atoms with Crippen molar-refractivity contribution in [2.45, 2.75) is 32.6 Å². The number of carbonyl (C=O) groups is 3. The molecule has 2 aliphatic heterocycles. The third-order valence-electron chi connectivity index (χ3n) is 6.02. The fraction of sp³-hybridized carbons (Fsp3) is 0.435. The molecule has 1 atom stereocenters. The van der Waals surface area contributed by atoms with Crippen molar-refractivity contribution >= 4 is 29.2 Å². The smallest absolute Gasteiger partial charge is 0.320 e. The minimum Gasteiger partial charge on any atom is -0.469 e. The lowest BCUT2D eigenvalue weighted by Gasteiger charge is -2.34. The maximum absolute atomic E-state index is 14.3. The molecule has 170 valence electrons. The number of nitrogens with one attached hydrogen (secondary N) is 2. The summed E-state index contributed by atoms with van der Waals surface area (Å²) < 4.78 is 19.4. The molecule has 2 aromatic rings. The number of furan rings is 1. The van der Waals surface area contributed by atoms with Gasteiger partial charge in [-0.05, 0) is 56.9 Å². The molecule has 4 amide bonds. The summed E-state index contributed by atoms with van der Waals surface area (Å²) in [4.78, 5) is 41.5. The number of aryl methyl sites for hydroxylation is 1. The molecule has 0 bridgehead atoms. The van der Waals surface area contributed by atoms with Gasteiger partial charge in [-0.15, -0.1) is 0 Å². The summed E-state index contributed by atoms with van der Waals surface area (Å²) >= 11 is 0. The van der Waals surface area contributed by atoms with E-state index in [1.807, 2.05) is 4.90 Å². The van der Waals surface area contributed by atoms with Crippen LogP contribution in [0.2, 0.25) is 0 Å². The van der Waals surface area contributed by atoms with Gasteiger partial charge in [0.2, 0.25) is 5.91 Å². The van der Waals surface area contributed by atoms with Gasteiger partial charge in [0.25, 0.3) is 5.91 Å². The van der Waals surface area contributed by atoms with Crippen molar-refractivity contribution in [3.8, 4) is 0 Å². The Morgan fingerprint density at radius 3 is 2.50 bits per heavy atom. The second kappa shape index (κ2) is 9.42. The summed E-state index contributed by atoms with van der Waals surface area (Å²) in [5, 5.41) is 5.32. The normalized spacial score (nSPS) is 18.5. The Hall–Kier alpha value is -3.36. The summed E-state index contributed by atoms with van der Waals surface area (Å²) in [6, 6.07) is 5.53. The number of benzene rings is 1. The maximum atomic E-state index is 14.3. The molecule has 9 heteroatoms. The molecule has 4 rings (SSSR count). The van der Waals surface area contributed by atoms with Crippen LogP contribution in [0.4, 0.5) is 20.6 Å². The third-order valence-corrected chi connectivity index (χ3v) is 6.02. The SMILES string of the molecule is Cc1occc1C(=O)Nc1cc(NC(=O)C2CCCN(C(=O)N3CCCC3)C2)ccc1F. The van der Waals surface area contributed by atoms with Gasteiger partial charge in [-0.1, -0.05) is 0 Å². The number of carbonyl (C=O) groups excluding carboxylic acids is 3. The van der Waals surface area contributed by atoms with Gasteiger partial charge in [-0.25, -0.2) is 9.18 Å². The van der Waals surface area contributed by atoms with Crippen LogP contribution in [0.15, 0.2) is 34.9 Å². The predicted octanol–water partition coefficient (Wildman–Crippen LogP) is 3.85. The van der Waals surface area contributed by atoms with E-state index in [0.29, 0.717) is 36.5 Å². The molecule has 2 fully saturated rings. The minimum atomic E-state index is -0.613. The monoisotopic (exact) mass is 442 g/mol. The van der Waals surface area contributed by atoms with E-state index in [9.17, 15) is 18.8 Å². The number of nitrogens with zero attached hydrogens (tertiary/aromatic N) is 2. The number of piperidine rings is 1. The highest BCUT2D eigenvalue weighted by atomic mass is 19.1.